The lowest BCUT2D eigenvalue weighted by Crippen LogP contribution is -2.34. The van der Waals surface area contributed by atoms with E-state index in [9.17, 15) is 4.79 Å². The van der Waals surface area contributed by atoms with E-state index in [1.165, 1.54) is 4.88 Å². The van der Waals surface area contributed by atoms with Crippen molar-refractivity contribution in [3.05, 3.63) is 10.9 Å². The van der Waals surface area contributed by atoms with Crippen LogP contribution in [0.2, 0.25) is 0 Å². The molecule has 4 heteroatoms. The lowest BCUT2D eigenvalue weighted by Gasteiger charge is -2.22. The van der Waals surface area contributed by atoms with E-state index in [0.717, 1.165) is 23.6 Å². The lowest BCUT2D eigenvalue weighted by molar-refractivity contribution is -0.120. The Morgan fingerprint density at radius 2 is 2.43 bits per heavy atom. The Balaban J connectivity index is 2.31. The van der Waals surface area contributed by atoms with Gasteiger partial charge in [-0.3, -0.25) is 4.79 Å². The molecule has 0 spiro atoms. The molecule has 1 aliphatic heterocycles. The molecule has 3 nitrogen and oxygen atoms in total. The van der Waals surface area contributed by atoms with Crippen LogP contribution in [-0.4, -0.2) is 19.6 Å². The van der Waals surface area contributed by atoms with Gasteiger partial charge in [-0.2, -0.15) is 0 Å². The molecule has 1 aromatic rings. The summed E-state index contributed by atoms with van der Waals surface area (Å²) in [5, 5.41) is 0.885. The molecule has 1 amide bonds. The number of hydrogen-bond acceptors (Lipinski definition) is 3. The number of nitrogens with zero attached hydrogens (tertiary/aromatic N) is 1. The molecule has 0 atom stereocenters. The van der Waals surface area contributed by atoms with Gasteiger partial charge in [-0.1, -0.05) is 13.3 Å². The first-order valence-corrected chi connectivity index (χ1v) is 5.56. The normalized spacial score (nSPS) is 15.3. The van der Waals surface area contributed by atoms with Crippen LogP contribution in [-0.2, 0) is 11.2 Å². The van der Waals surface area contributed by atoms with Crippen LogP contribution in [0.15, 0.2) is 6.07 Å². The van der Waals surface area contributed by atoms with Crippen molar-refractivity contribution in [1.29, 1.82) is 0 Å². The maximum Gasteiger partial charge on any atom is 0.264 e. The minimum Gasteiger partial charge on any atom is -0.472 e. The second kappa shape index (κ2) is 3.61. The lowest BCUT2D eigenvalue weighted by atomic mass is 10.2. The molecule has 1 aromatic heterocycles. The summed E-state index contributed by atoms with van der Waals surface area (Å²) in [6.45, 7) is 2.32. The summed E-state index contributed by atoms with van der Waals surface area (Å²) in [6.07, 6.45) is 2.18. The predicted molar refractivity (Wildman–Crippen MR) is 57.2 cm³/mol. The molecular weight excluding hydrogens is 198 g/mol. The number of thiophene rings is 1. The van der Waals surface area contributed by atoms with E-state index in [4.69, 9.17) is 4.74 Å². The largest absolute Gasteiger partial charge is 0.472 e. The first-order valence-electron chi connectivity index (χ1n) is 4.74. The third kappa shape index (κ3) is 1.50. The molecule has 0 saturated heterocycles. The molecule has 0 unspecified atom stereocenters. The highest BCUT2D eigenvalue weighted by Crippen LogP contribution is 2.40. The average Bonchev–Trinajstić information content (AvgIpc) is 2.56. The number of fused-ring (bicyclic) bond motifs is 1. The summed E-state index contributed by atoms with van der Waals surface area (Å²) in [5.41, 5.74) is 0.926. The maximum atomic E-state index is 11.3. The number of likely N-dealkylation sites (N-methyl/N-ethyl adjacent to an activating group) is 1. The van der Waals surface area contributed by atoms with Crippen molar-refractivity contribution in [2.75, 3.05) is 18.6 Å². The van der Waals surface area contributed by atoms with Gasteiger partial charge in [0.25, 0.3) is 5.91 Å². The number of anilines is 1. The number of aryl methyl sites for hydroxylation is 1. The van der Waals surface area contributed by atoms with Crippen molar-refractivity contribution in [3.8, 4) is 5.06 Å². The Morgan fingerprint density at radius 3 is 3.14 bits per heavy atom. The molecule has 2 rings (SSSR count). The van der Waals surface area contributed by atoms with E-state index in [2.05, 4.69) is 13.0 Å². The van der Waals surface area contributed by atoms with Crippen molar-refractivity contribution in [2.24, 2.45) is 0 Å². The van der Waals surface area contributed by atoms with Gasteiger partial charge in [-0.25, -0.2) is 0 Å². The van der Waals surface area contributed by atoms with E-state index in [1.54, 1.807) is 23.3 Å². The highest BCUT2D eigenvalue weighted by atomic mass is 32.1. The van der Waals surface area contributed by atoms with Gasteiger partial charge in [0.15, 0.2) is 11.7 Å². The predicted octanol–water partition coefficient (Wildman–Crippen LogP) is 2.06. The number of hydrogen-bond donors (Lipinski definition) is 0. The zero-order valence-electron chi connectivity index (χ0n) is 8.37. The van der Waals surface area contributed by atoms with Crippen molar-refractivity contribution >= 4 is 22.9 Å². The Bertz CT molecular complexity index is 359. The molecule has 0 radical (unpaired) electrons. The molecular formula is C10H13NO2S. The SMILES string of the molecule is CCCc1cc2c(s1)OCC(=O)N2C. The molecule has 0 saturated carbocycles. The highest BCUT2D eigenvalue weighted by Gasteiger charge is 2.24. The molecule has 1 aliphatic rings. The van der Waals surface area contributed by atoms with Gasteiger partial charge >= 0.3 is 0 Å². The number of carbonyl (C=O) groups is 1. The minimum absolute atomic E-state index is 0.0262. The quantitative estimate of drug-likeness (QED) is 0.749. The topological polar surface area (TPSA) is 29.5 Å². The van der Waals surface area contributed by atoms with Crippen molar-refractivity contribution < 1.29 is 9.53 Å². The Hall–Kier alpha value is -1.03. The summed E-state index contributed by atoms with van der Waals surface area (Å²) < 4.78 is 5.36. The summed E-state index contributed by atoms with van der Waals surface area (Å²) in [5.74, 6) is 0.0262. The van der Waals surface area contributed by atoms with Gasteiger partial charge in [-0.15, -0.1) is 11.3 Å². The molecule has 0 aliphatic carbocycles. The van der Waals surface area contributed by atoms with E-state index in [-0.39, 0.29) is 12.5 Å². The van der Waals surface area contributed by atoms with Crippen LogP contribution >= 0.6 is 11.3 Å². The Kier molecular flexibility index (Phi) is 2.46. The molecule has 14 heavy (non-hydrogen) atoms. The molecule has 0 aromatic carbocycles. The van der Waals surface area contributed by atoms with Crippen LogP contribution in [0.1, 0.15) is 18.2 Å². The Labute approximate surface area is 87.3 Å². The highest BCUT2D eigenvalue weighted by molar-refractivity contribution is 7.14. The van der Waals surface area contributed by atoms with Gasteiger partial charge in [0, 0.05) is 11.9 Å². The van der Waals surface area contributed by atoms with E-state index < -0.39 is 0 Å². The first-order chi connectivity index (χ1) is 6.72. The van der Waals surface area contributed by atoms with Crippen LogP contribution in [0.4, 0.5) is 5.69 Å². The molecule has 0 N–H and O–H groups in total. The second-order valence-corrected chi connectivity index (χ2v) is 4.48. The first kappa shape index (κ1) is 9.52. The van der Waals surface area contributed by atoms with Crippen molar-refractivity contribution in [1.82, 2.24) is 0 Å². The average molecular weight is 211 g/mol. The van der Waals surface area contributed by atoms with E-state index in [1.807, 2.05) is 0 Å². The van der Waals surface area contributed by atoms with Crippen LogP contribution in [0.3, 0.4) is 0 Å². The number of rotatable bonds is 2. The fraction of sp³-hybridized carbons (Fsp3) is 0.500. The van der Waals surface area contributed by atoms with E-state index in [0.29, 0.717) is 0 Å². The standard InChI is InChI=1S/C10H13NO2S/c1-3-4-7-5-8-10(14-7)13-6-9(12)11(8)2/h5H,3-4,6H2,1-2H3. The number of amides is 1. The summed E-state index contributed by atoms with van der Waals surface area (Å²) in [7, 11) is 1.80. The van der Waals surface area contributed by atoms with Crippen LogP contribution in [0.5, 0.6) is 5.06 Å². The second-order valence-electron chi connectivity index (χ2n) is 3.38. The third-order valence-corrected chi connectivity index (χ3v) is 3.39. The van der Waals surface area contributed by atoms with Gasteiger partial charge in [-0.05, 0) is 12.5 Å². The van der Waals surface area contributed by atoms with Crippen LogP contribution < -0.4 is 9.64 Å². The summed E-state index contributed by atoms with van der Waals surface area (Å²) >= 11 is 1.65. The van der Waals surface area contributed by atoms with Gasteiger partial charge < -0.3 is 9.64 Å². The molecule has 76 valence electrons. The van der Waals surface area contributed by atoms with Gasteiger partial charge in [0.05, 0.1) is 5.69 Å². The molecule has 0 fully saturated rings. The summed E-state index contributed by atoms with van der Waals surface area (Å²) in [6, 6.07) is 2.06. The zero-order valence-corrected chi connectivity index (χ0v) is 9.19. The third-order valence-electron chi connectivity index (χ3n) is 2.29. The molecule has 0 bridgehead atoms. The zero-order chi connectivity index (χ0) is 10.1. The number of carbonyl (C=O) groups excluding carboxylic acids is 1. The fourth-order valence-electron chi connectivity index (χ4n) is 1.48. The fourth-order valence-corrected chi connectivity index (χ4v) is 2.61. The Morgan fingerprint density at radius 1 is 1.64 bits per heavy atom. The number of ether oxygens (including phenoxy) is 1. The monoisotopic (exact) mass is 211 g/mol. The van der Waals surface area contributed by atoms with Gasteiger partial charge in [0.1, 0.15) is 0 Å². The van der Waals surface area contributed by atoms with E-state index >= 15 is 0 Å². The van der Waals surface area contributed by atoms with Crippen LogP contribution in [0, 0.1) is 0 Å². The smallest absolute Gasteiger partial charge is 0.264 e. The van der Waals surface area contributed by atoms with Crippen molar-refractivity contribution in [2.45, 2.75) is 19.8 Å². The summed E-state index contributed by atoms with van der Waals surface area (Å²) in [4.78, 5) is 14.3. The van der Waals surface area contributed by atoms with Gasteiger partial charge in [0.2, 0.25) is 0 Å². The van der Waals surface area contributed by atoms with Crippen molar-refractivity contribution in [3.63, 3.8) is 0 Å². The van der Waals surface area contributed by atoms with Crippen LogP contribution in [0.25, 0.3) is 0 Å². The minimum atomic E-state index is 0.0262. The molecule has 2 heterocycles. The maximum absolute atomic E-state index is 11.3.